The van der Waals surface area contributed by atoms with E-state index in [0.717, 1.165) is 35.5 Å². The van der Waals surface area contributed by atoms with Gasteiger partial charge in [-0.1, -0.05) is 54.6 Å². The van der Waals surface area contributed by atoms with Gasteiger partial charge in [0, 0.05) is 19.5 Å². The summed E-state index contributed by atoms with van der Waals surface area (Å²) in [5, 5.41) is 0. The molecule has 0 N–H and O–H groups in total. The SMILES string of the molecule is COc1ccc2c(c1)CN(C(=O)COc1ccccc1Cc1ccccc1)CC2. The van der Waals surface area contributed by atoms with E-state index in [1.54, 1.807) is 7.11 Å². The third kappa shape index (κ3) is 4.60. The van der Waals surface area contributed by atoms with Gasteiger partial charge in [0.15, 0.2) is 6.61 Å². The number of methoxy groups -OCH3 is 1. The highest BCUT2D eigenvalue weighted by molar-refractivity contribution is 5.78. The number of ether oxygens (including phenoxy) is 2. The number of carbonyl (C=O) groups excluding carboxylic acids is 1. The molecule has 4 nitrogen and oxygen atoms in total. The summed E-state index contributed by atoms with van der Waals surface area (Å²) >= 11 is 0. The van der Waals surface area contributed by atoms with Crippen LogP contribution in [0.4, 0.5) is 0 Å². The number of amides is 1. The molecule has 0 unspecified atom stereocenters. The number of nitrogens with zero attached hydrogens (tertiary/aromatic N) is 1. The van der Waals surface area contributed by atoms with Crippen molar-refractivity contribution in [2.75, 3.05) is 20.3 Å². The Hall–Kier alpha value is -3.27. The maximum Gasteiger partial charge on any atom is 0.260 e. The van der Waals surface area contributed by atoms with Crippen molar-refractivity contribution >= 4 is 5.91 Å². The van der Waals surface area contributed by atoms with Gasteiger partial charge in [-0.3, -0.25) is 4.79 Å². The van der Waals surface area contributed by atoms with Gasteiger partial charge in [0.2, 0.25) is 0 Å². The number of benzene rings is 3. The summed E-state index contributed by atoms with van der Waals surface area (Å²) in [6.07, 6.45) is 1.64. The molecule has 0 atom stereocenters. The first-order valence-electron chi connectivity index (χ1n) is 9.91. The highest BCUT2D eigenvalue weighted by Crippen LogP contribution is 2.25. The lowest BCUT2D eigenvalue weighted by molar-refractivity contribution is -0.134. The molecule has 0 aromatic heterocycles. The Labute approximate surface area is 171 Å². The minimum atomic E-state index is 0.00739. The molecule has 3 aromatic rings. The average molecular weight is 387 g/mol. The van der Waals surface area contributed by atoms with Crippen molar-refractivity contribution in [3.05, 3.63) is 95.1 Å². The molecule has 0 saturated heterocycles. The number of fused-ring (bicyclic) bond motifs is 1. The van der Waals surface area contributed by atoms with Gasteiger partial charge in [-0.05, 0) is 46.9 Å². The van der Waals surface area contributed by atoms with Gasteiger partial charge < -0.3 is 14.4 Å². The van der Waals surface area contributed by atoms with E-state index < -0.39 is 0 Å². The van der Waals surface area contributed by atoms with Crippen molar-refractivity contribution in [1.29, 1.82) is 0 Å². The van der Waals surface area contributed by atoms with E-state index in [2.05, 4.69) is 24.3 Å². The van der Waals surface area contributed by atoms with Crippen LogP contribution in [0, 0.1) is 0 Å². The van der Waals surface area contributed by atoms with Crippen LogP contribution in [0.3, 0.4) is 0 Å². The summed E-state index contributed by atoms with van der Waals surface area (Å²) in [7, 11) is 1.66. The second-order valence-electron chi connectivity index (χ2n) is 7.26. The Bertz CT molecular complexity index is 984. The summed E-state index contributed by atoms with van der Waals surface area (Å²) in [6.45, 7) is 1.36. The lowest BCUT2D eigenvalue weighted by atomic mass is 9.99. The van der Waals surface area contributed by atoms with Gasteiger partial charge in [0.05, 0.1) is 7.11 Å². The molecule has 1 aliphatic heterocycles. The zero-order chi connectivity index (χ0) is 20.1. The van der Waals surface area contributed by atoms with Crippen LogP contribution in [0.2, 0.25) is 0 Å². The number of rotatable bonds is 6. The second-order valence-corrected chi connectivity index (χ2v) is 7.26. The monoisotopic (exact) mass is 387 g/mol. The van der Waals surface area contributed by atoms with Crippen molar-refractivity contribution < 1.29 is 14.3 Å². The molecule has 1 heterocycles. The number of hydrogen-bond donors (Lipinski definition) is 0. The molecule has 0 fully saturated rings. The highest BCUT2D eigenvalue weighted by atomic mass is 16.5. The Kier molecular flexibility index (Phi) is 5.80. The Balaban J connectivity index is 1.40. The normalized spacial score (nSPS) is 12.9. The van der Waals surface area contributed by atoms with Crippen molar-refractivity contribution in [3.63, 3.8) is 0 Å². The first kappa shape index (κ1) is 19.1. The van der Waals surface area contributed by atoms with E-state index in [-0.39, 0.29) is 12.5 Å². The molecule has 0 radical (unpaired) electrons. The van der Waals surface area contributed by atoms with Crippen LogP contribution in [0.15, 0.2) is 72.8 Å². The van der Waals surface area contributed by atoms with Crippen LogP contribution in [0.5, 0.6) is 11.5 Å². The molecular formula is C25H25NO3. The fourth-order valence-corrected chi connectivity index (χ4v) is 3.71. The van der Waals surface area contributed by atoms with Gasteiger partial charge in [-0.15, -0.1) is 0 Å². The van der Waals surface area contributed by atoms with Crippen molar-refractivity contribution in [2.24, 2.45) is 0 Å². The van der Waals surface area contributed by atoms with Crippen LogP contribution in [-0.4, -0.2) is 31.1 Å². The predicted molar refractivity (Wildman–Crippen MR) is 113 cm³/mol. The summed E-state index contributed by atoms with van der Waals surface area (Å²) in [5.41, 5.74) is 4.73. The molecule has 1 aliphatic rings. The third-order valence-electron chi connectivity index (χ3n) is 5.34. The molecule has 3 aromatic carbocycles. The van der Waals surface area contributed by atoms with Crippen LogP contribution in [-0.2, 0) is 24.2 Å². The van der Waals surface area contributed by atoms with Crippen molar-refractivity contribution in [3.8, 4) is 11.5 Å². The first-order chi connectivity index (χ1) is 14.2. The number of hydrogen-bond acceptors (Lipinski definition) is 3. The summed E-state index contributed by atoms with van der Waals surface area (Å²) in [6, 6.07) is 24.3. The van der Waals surface area contributed by atoms with E-state index in [9.17, 15) is 4.79 Å². The smallest absolute Gasteiger partial charge is 0.260 e. The van der Waals surface area contributed by atoms with Crippen LogP contribution in [0.25, 0.3) is 0 Å². The van der Waals surface area contributed by atoms with Crippen LogP contribution >= 0.6 is 0 Å². The van der Waals surface area contributed by atoms with Crippen LogP contribution in [0.1, 0.15) is 22.3 Å². The molecule has 0 saturated carbocycles. The lowest BCUT2D eigenvalue weighted by Gasteiger charge is -2.29. The molecule has 0 aliphatic carbocycles. The zero-order valence-corrected chi connectivity index (χ0v) is 16.6. The fraction of sp³-hybridized carbons (Fsp3) is 0.240. The average Bonchev–Trinajstić information content (AvgIpc) is 2.78. The maximum absolute atomic E-state index is 12.8. The maximum atomic E-state index is 12.8. The van der Waals surface area contributed by atoms with E-state index in [1.807, 2.05) is 53.4 Å². The van der Waals surface area contributed by atoms with Gasteiger partial charge in [-0.25, -0.2) is 0 Å². The van der Waals surface area contributed by atoms with E-state index >= 15 is 0 Å². The summed E-state index contributed by atoms with van der Waals surface area (Å²) in [4.78, 5) is 14.6. The molecule has 4 heteroatoms. The van der Waals surface area contributed by atoms with Crippen molar-refractivity contribution in [1.82, 2.24) is 4.90 Å². The molecule has 29 heavy (non-hydrogen) atoms. The van der Waals surface area contributed by atoms with E-state index in [1.165, 1.54) is 11.1 Å². The molecule has 4 rings (SSSR count). The molecule has 0 spiro atoms. The molecular weight excluding hydrogens is 362 g/mol. The topological polar surface area (TPSA) is 38.8 Å². The van der Waals surface area contributed by atoms with Crippen LogP contribution < -0.4 is 9.47 Å². The Morgan fingerprint density at radius 2 is 1.76 bits per heavy atom. The third-order valence-corrected chi connectivity index (χ3v) is 5.34. The van der Waals surface area contributed by atoms with Gasteiger partial charge >= 0.3 is 0 Å². The van der Waals surface area contributed by atoms with Crippen molar-refractivity contribution in [2.45, 2.75) is 19.4 Å². The minimum Gasteiger partial charge on any atom is -0.497 e. The Morgan fingerprint density at radius 3 is 2.59 bits per heavy atom. The summed E-state index contributed by atoms with van der Waals surface area (Å²) < 4.78 is 11.3. The standard InChI is InChI=1S/C25H25NO3/c1-28-23-12-11-20-13-14-26(17-22(20)16-23)25(27)18-29-24-10-6-5-9-21(24)15-19-7-3-2-4-8-19/h2-12,16H,13-15,17-18H2,1H3. The first-order valence-corrected chi connectivity index (χ1v) is 9.91. The quantitative estimate of drug-likeness (QED) is 0.635. The number of carbonyl (C=O) groups is 1. The number of para-hydroxylation sites is 1. The highest BCUT2D eigenvalue weighted by Gasteiger charge is 2.21. The van der Waals surface area contributed by atoms with Gasteiger partial charge in [0.25, 0.3) is 5.91 Å². The van der Waals surface area contributed by atoms with Gasteiger partial charge in [-0.2, -0.15) is 0 Å². The lowest BCUT2D eigenvalue weighted by Crippen LogP contribution is -2.38. The van der Waals surface area contributed by atoms with Gasteiger partial charge in [0.1, 0.15) is 11.5 Å². The largest absolute Gasteiger partial charge is 0.497 e. The molecule has 0 bridgehead atoms. The second kappa shape index (κ2) is 8.82. The van der Waals surface area contributed by atoms with E-state index in [0.29, 0.717) is 13.1 Å². The Morgan fingerprint density at radius 1 is 0.966 bits per heavy atom. The predicted octanol–water partition coefficient (Wildman–Crippen LogP) is 4.25. The fourth-order valence-electron chi connectivity index (χ4n) is 3.71. The minimum absolute atomic E-state index is 0.00739. The molecule has 148 valence electrons. The molecule has 1 amide bonds. The zero-order valence-electron chi connectivity index (χ0n) is 16.6. The van der Waals surface area contributed by atoms with E-state index in [4.69, 9.17) is 9.47 Å². The summed E-state index contributed by atoms with van der Waals surface area (Å²) in [5.74, 6) is 1.60.